The summed E-state index contributed by atoms with van der Waals surface area (Å²) in [6, 6.07) is 22.3. The second kappa shape index (κ2) is 12.0. The number of amides is 2. The summed E-state index contributed by atoms with van der Waals surface area (Å²) in [7, 11) is 0. The normalized spacial score (nSPS) is 10.9. The molecule has 0 saturated carbocycles. The molecule has 188 valence electrons. The summed E-state index contributed by atoms with van der Waals surface area (Å²) in [5.41, 5.74) is 6.41. The first-order valence-electron chi connectivity index (χ1n) is 11.7. The largest absolute Gasteiger partial charge is 0.494 e. The van der Waals surface area contributed by atoms with Crippen LogP contribution in [0, 0.1) is 6.92 Å². The minimum Gasteiger partial charge on any atom is -0.494 e. The number of benzene rings is 3. The highest BCUT2D eigenvalue weighted by Crippen LogP contribution is 2.25. The number of para-hydroxylation sites is 1. The van der Waals surface area contributed by atoms with Gasteiger partial charge in [-0.3, -0.25) is 9.59 Å². The number of hydrogen-bond donors (Lipinski definition) is 2. The van der Waals surface area contributed by atoms with Crippen LogP contribution in [0.25, 0.3) is 16.9 Å². The molecule has 0 fully saturated rings. The van der Waals surface area contributed by atoms with Gasteiger partial charge in [-0.15, -0.1) is 0 Å². The average Bonchev–Trinajstić information content (AvgIpc) is 3.35. The number of anilines is 1. The van der Waals surface area contributed by atoms with Gasteiger partial charge in [0.05, 0.1) is 18.5 Å². The van der Waals surface area contributed by atoms with Gasteiger partial charge in [0.2, 0.25) is 0 Å². The number of rotatable bonds is 8. The Morgan fingerprint density at radius 2 is 1.78 bits per heavy atom. The van der Waals surface area contributed by atoms with Crippen LogP contribution in [-0.4, -0.2) is 34.4 Å². The van der Waals surface area contributed by atoms with E-state index in [0.29, 0.717) is 34.1 Å². The van der Waals surface area contributed by atoms with Crippen LogP contribution in [0.1, 0.15) is 24.5 Å². The molecule has 0 spiro atoms. The number of halogens is 1. The highest BCUT2D eigenvalue weighted by atomic mass is 35.5. The van der Waals surface area contributed by atoms with Crippen molar-refractivity contribution in [2.45, 2.75) is 20.3 Å². The number of hydrogen-bond acceptors (Lipinski definition) is 5. The van der Waals surface area contributed by atoms with Gasteiger partial charge in [0, 0.05) is 28.0 Å². The maximum atomic E-state index is 12.3. The Balaban J connectivity index is 1.53. The van der Waals surface area contributed by atoms with Gasteiger partial charge in [0.1, 0.15) is 11.4 Å². The van der Waals surface area contributed by atoms with Crippen LogP contribution < -0.4 is 15.5 Å². The molecule has 1 heterocycles. The fraction of sp³-hybridized carbons (Fsp3) is 0.143. The maximum absolute atomic E-state index is 12.3. The van der Waals surface area contributed by atoms with Gasteiger partial charge in [-0.1, -0.05) is 42.8 Å². The molecule has 0 aliphatic carbocycles. The molecule has 0 atom stereocenters. The second-order valence-electron chi connectivity index (χ2n) is 8.15. The molecule has 9 heteroatoms. The van der Waals surface area contributed by atoms with Crippen LogP contribution >= 0.6 is 11.6 Å². The van der Waals surface area contributed by atoms with E-state index in [4.69, 9.17) is 21.4 Å². The molecule has 37 heavy (non-hydrogen) atoms. The topological polar surface area (TPSA) is 97.6 Å². The number of nitrogens with zero attached hydrogens (tertiary/aromatic N) is 3. The number of carbonyl (C=O) groups is 2. The zero-order chi connectivity index (χ0) is 26.2. The molecule has 0 aliphatic heterocycles. The lowest BCUT2D eigenvalue weighted by molar-refractivity contribution is -0.136. The number of ether oxygens (including phenoxy) is 1. The van der Waals surface area contributed by atoms with E-state index >= 15 is 0 Å². The van der Waals surface area contributed by atoms with Gasteiger partial charge in [-0.05, 0) is 67.4 Å². The van der Waals surface area contributed by atoms with Crippen molar-refractivity contribution in [3.05, 3.63) is 95.1 Å². The van der Waals surface area contributed by atoms with E-state index in [9.17, 15) is 9.59 Å². The van der Waals surface area contributed by atoms with Gasteiger partial charge < -0.3 is 10.1 Å². The van der Waals surface area contributed by atoms with E-state index in [0.717, 1.165) is 23.4 Å². The highest BCUT2D eigenvalue weighted by molar-refractivity contribution is 6.40. The summed E-state index contributed by atoms with van der Waals surface area (Å²) in [4.78, 5) is 24.7. The molecule has 2 amide bonds. The van der Waals surface area contributed by atoms with Crippen molar-refractivity contribution >= 4 is 35.3 Å². The van der Waals surface area contributed by atoms with E-state index in [1.54, 1.807) is 36.0 Å². The molecule has 1 aromatic heterocycles. The Kier molecular flexibility index (Phi) is 8.33. The molecule has 8 nitrogen and oxygen atoms in total. The van der Waals surface area contributed by atoms with Crippen LogP contribution in [-0.2, 0) is 9.59 Å². The number of aromatic nitrogens is 2. The van der Waals surface area contributed by atoms with Crippen LogP contribution in [0.3, 0.4) is 0 Å². The first kappa shape index (κ1) is 25.7. The number of carbonyl (C=O) groups excluding carboxylic acids is 2. The lowest BCUT2D eigenvalue weighted by atomic mass is 10.1. The van der Waals surface area contributed by atoms with Crippen molar-refractivity contribution in [3.63, 3.8) is 0 Å². The van der Waals surface area contributed by atoms with Crippen molar-refractivity contribution in [2.24, 2.45) is 5.10 Å². The minimum absolute atomic E-state index is 0.453. The predicted molar refractivity (Wildman–Crippen MR) is 145 cm³/mol. The molecule has 0 radical (unpaired) electrons. The van der Waals surface area contributed by atoms with Crippen LogP contribution in [0.5, 0.6) is 5.75 Å². The molecule has 4 aromatic rings. The van der Waals surface area contributed by atoms with Crippen molar-refractivity contribution in [1.29, 1.82) is 0 Å². The smallest absolute Gasteiger partial charge is 0.329 e. The van der Waals surface area contributed by atoms with Crippen molar-refractivity contribution in [2.75, 3.05) is 11.9 Å². The highest BCUT2D eigenvalue weighted by Gasteiger charge is 2.16. The van der Waals surface area contributed by atoms with Crippen molar-refractivity contribution in [1.82, 2.24) is 15.2 Å². The van der Waals surface area contributed by atoms with E-state index in [2.05, 4.69) is 22.8 Å². The van der Waals surface area contributed by atoms with Gasteiger partial charge in [-0.25, -0.2) is 10.1 Å². The first-order chi connectivity index (χ1) is 18.0. The fourth-order valence-corrected chi connectivity index (χ4v) is 3.66. The molecular weight excluding hydrogens is 490 g/mol. The summed E-state index contributed by atoms with van der Waals surface area (Å²) in [5.74, 6) is -0.994. The van der Waals surface area contributed by atoms with E-state index in [-0.39, 0.29) is 0 Å². The number of hydrazone groups is 1. The van der Waals surface area contributed by atoms with E-state index < -0.39 is 11.8 Å². The molecule has 3 aromatic carbocycles. The van der Waals surface area contributed by atoms with Gasteiger partial charge >= 0.3 is 11.8 Å². The first-order valence-corrected chi connectivity index (χ1v) is 12.1. The fourth-order valence-electron chi connectivity index (χ4n) is 3.48. The van der Waals surface area contributed by atoms with Crippen molar-refractivity contribution in [3.8, 4) is 22.7 Å². The third-order valence-corrected chi connectivity index (χ3v) is 5.87. The minimum atomic E-state index is -0.912. The molecule has 0 aliphatic rings. The second-order valence-corrected chi connectivity index (χ2v) is 8.56. The van der Waals surface area contributed by atoms with Crippen LogP contribution in [0.4, 0.5) is 5.69 Å². The van der Waals surface area contributed by atoms with E-state index in [1.165, 1.54) is 6.21 Å². The lowest BCUT2D eigenvalue weighted by Crippen LogP contribution is -2.32. The average molecular weight is 516 g/mol. The SMILES string of the molecule is CCCOc1ccc(-c2nn(-c3ccccc3)cc2/C=N\NC(=O)C(=O)Nc2cccc(Cl)c2C)cc1. The van der Waals surface area contributed by atoms with Gasteiger partial charge in [0.25, 0.3) is 0 Å². The molecule has 2 N–H and O–H groups in total. The predicted octanol–water partition coefficient (Wildman–Crippen LogP) is 5.38. The Morgan fingerprint density at radius 3 is 2.51 bits per heavy atom. The summed E-state index contributed by atoms with van der Waals surface area (Å²) < 4.78 is 7.41. The Bertz CT molecular complexity index is 1420. The molecular formula is C28H26ClN5O3. The molecule has 0 unspecified atom stereocenters. The molecule has 0 bridgehead atoms. The number of nitrogens with one attached hydrogen (secondary N) is 2. The maximum Gasteiger partial charge on any atom is 0.329 e. The Morgan fingerprint density at radius 1 is 1.03 bits per heavy atom. The van der Waals surface area contributed by atoms with Crippen LogP contribution in [0.2, 0.25) is 5.02 Å². The Hall–Kier alpha value is -4.43. The molecule has 4 rings (SSSR count). The third kappa shape index (κ3) is 6.42. The summed E-state index contributed by atoms with van der Waals surface area (Å²) in [5, 5.41) is 11.8. The quantitative estimate of drug-likeness (QED) is 0.187. The van der Waals surface area contributed by atoms with E-state index in [1.807, 2.05) is 54.6 Å². The summed E-state index contributed by atoms with van der Waals surface area (Å²) >= 11 is 6.08. The van der Waals surface area contributed by atoms with Gasteiger partial charge in [0.15, 0.2) is 0 Å². The Labute approximate surface area is 219 Å². The van der Waals surface area contributed by atoms with Crippen molar-refractivity contribution < 1.29 is 14.3 Å². The standard InChI is InChI=1S/C28H26ClN5O3/c1-3-16-37-23-14-12-20(13-15-23)26-21(18-34(33-26)22-8-5-4-6-9-22)17-30-32-28(36)27(35)31-25-11-7-10-24(29)19(25)2/h4-15,17-18H,3,16H2,1-2H3,(H,31,35)(H,32,36)/b30-17-. The third-order valence-electron chi connectivity index (χ3n) is 5.46. The summed E-state index contributed by atoms with van der Waals surface area (Å²) in [6.45, 7) is 4.45. The lowest BCUT2D eigenvalue weighted by Gasteiger charge is -2.08. The monoisotopic (exact) mass is 515 g/mol. The molecule has 0 saturated heterocycles. The van der Waals surface area contributed by atoms with Crippen LogP contribution in [0.15, 0.2) is 84.1 Å². The van der Waals surface area contributed by atoms with Gasteiger partial charge in [-0.2, -0.15) is 10.2 Å². The zero-order valence-corrected chi connectivity index (χ0v) is 21.2. The summed E-state index contributed by atoms with van der Waals surface area (Å²) in [6.07, 6.45) is 4.18. The zero-order valence-electron chi connectivity index (χ0n) is 20.4.